The lowest BCUT2D eigenvalue weighted by Gasteiger charge is -2.44. The van der Waals surface area contributed by atoms with Gasteiger partial charge in [-0.2, -0.15) is 0 Å². The van der Waals surface area contributed by atoms with Crippen LogP contribution in [0.1, 0.15) is 112 Å². The summed E-state index contributed by atoms with van der Waals surface area (Å²) in [4.78, 5) is 10.7. The number of amidine groups is 2. The smallest absolute Gasteiger partial charge is 0.155 e. The molecule has 0 radical (unpaired) electrons. The molecule has 0 spiro atoms. The second-order valence-electron chi connectivity index (χ2n) is 15.6. The average molecular weight is 635 g/mol. The first-order chi connectivity index (χ1) is 23.6. The molecule has 4 nitrogen and oxygen atoms in total. The molecule has 9 rings (SSSR count). The molecular weight excluding hydrogens is 585 g/mol. The minimum absolute atomic E-state index is 0.0334. The molecule has 8 aliphatic rings. The Balaban J connectivity index is 1.16. The van der Waals surface area contributed by atoms with Gasteiger partial charge in [-0.05, 0) is 135 Å². The third-order valence-electron chi connectivity index (χ3n) is 12.7. The summed E-state index contributed by atoms with van der Waals surface area (Å²) in [7, 11) is 0. The number of allylic oxidation sites excluding steroid dienone is 11. The Bertz CT molecular complexity index is 1790. The summed E-state index contributed by atoms with van der Waals surface area (Å²) in [6.07, 6.45) is 42.2. The van der Waals surface area contributed by atoms with E-state index in [0.29, 0.717) is 29.7 Å². The van der Waals surface area contributed by atoms with Crippen LogP contribution in [0.15, 0.2) is 124 Å². The minimum Gasteiger partial charge on any atom is -0.383 e. The zero-order valence-corrected chi connectivity index (χ0v) is 28.5. The Kier molecular flexibility index (Phi) is 7.86. The van der Waals surface area contributed by atoms with Crippen LogP contribution in [0.5, 0.6) is 0 Å². The van der Waals surface area contributed by atoms with Crippen molar-refractivity contribution in [2.75, 3.05) is 0 Å². The highest BCUT2D eigenvalue weighted by atomic mass is 15.2. The van der Waals surface area contributed by atoms with Crippen molar-refractivity contribution >= 4 is 11.7 Å². The number of rotatable bonds is 5. The van der Waals surface area contributed by atoms with Crippen molar-refractivity contribution in [3.05, 3.63) is 130 Å². The third-order valence-corrected chi connectivity index (χ3v) is 12.7. The van der Waals surface area contributed by atoms with Gasteiger partial charge in [-0.3, -0.25) is 0 Å². The molecule has 0 fully saturated rings. The van der Waals surface area contributed by atoms with Crippen LogP contribution in [0.3, 0.4) is 0 Å². The number of hydrogen-bond acceptors (Lipinski definition) is 4. The highest BCUT2D eigenvalue weighted by Gasteiger charge is 2.42. The summed E-state index contributed by atoms with van der Waals surface area (Å²) in [5, 5.41) is 7.67. The predicted octanol–water partition coefficient (Wildman–Crippen LogP) is 9.79. The molecule has 0 bridgehead atoms. The molecule has 7 unspecified atom stereocenters. The van der Waals surface area contributed by atoms with E-state index in [2.05, 4.69) is 109 Å². The maximum absolute atomic E-state index is 5.35. The topological polar surface area (TPSA) is 48.8 Å². The van der Waals surface area contributed by atoms with Gasteiger partial charge in [0.05, 0.1) is 6.04 Å². The molecule has 2 aliphatic heterocycles. The highest BCUT2D eigenvalue weighted by molar-refractivity contribution is 6.13. The van der Waals surface area contributed by atoms with Gasteiger partial charge in [0.25, 0.3) is 0 Å². The van der Waals surface area contributed by atoms with E-state index in [9.17, 15) is 0 Å². The monoisotopic (exact) mass is 634 g/mol. The SMILES string of the molecule is CC1(C2N=C(C3=CC=CCC3)N=C(c3ccc(C4CCC=C5C=CNC54)c(C4CC5=C(CCC=C5)C5C=CCCC54)c3)N2)C=CCCC1. The van der Waals surface area contributed by atoms with Crippen LogP contribution in [-0.4, -0.2) is 23.9 Å². The van der Waals surface area contributed by atoms with Gasteiger partial charge in [0, 0.05) is 22.8 Å². The molecule has 2 N–H and O–H groups in total. The van der Waals surface area contributed by atoms with Crippen LogP contribution in [-0.2, 0) is 0 Å². The van der Waals surface area contributed by atoms with E-state index in [-0.39, 0.29) is 11.6 Å². The fourth-order valence-corrected chi connectivity index (χ4v) is 10.1. The highest BCUT2D eigenvalue weighted by Crippen LogP contribution is 2.53. The Hall–Kier alpha value is -3.92. The van der Waals surface area contributed by atoms with Gasteiger partial charge in [-0.15, -0.1) is 0 Å². The molecule has 7 atom stereocenters. The predicted molar refractivity (Wildman–Crippen MR) is 199 cm³/mol. The van der Waals surface area contributed by atoms with Crippen LogP contribution in [0.2, 0.25) is 0 Å². The van der Waals surface area contributed by atoms with Crippen molar-refractivity contribution < 1.29 is 0 Å². The first kappa shape index (κ1) is 30.2. The summed E-state index contributed by atoms with van der Waals surface area (Å²) < 4.78 is 0. The van der Waals surface area contributed by atoms with E-state index in [0.717, 1.165) is 50.2 Å². The Labute approximate surface area is 287 Å². The summed E-state index contributed by atoms with van der Waals surface area (Å²) in [6, 6.07) is 7.83. The summed E-state index contributed by atoms with van der Waals surface area (Å²) in [5.74, 6) is 4.10. The quantitative estimate of drug-likeness (QED) is 0.317. The second kappa shape index (κ2) is 12.5. The largest absolute Gasteiger partial charge is 0.383 e. The molecule has 246 valence electrons. The van der Waals surface area contributed by atoms with Crippen molar-refractivity contribution in [1.29, 1.82) is 0 Å². The lowest BCUT2D eigenvalue weighted by molar-refractivity contribution is 0.277. The van der Waals surface area contributed by atoms with E-state index < -0.39 is 0 Å². The van der Waals surface area contributed by atoms with Gasteiger partial charge in [0.1, 0.15) is 12.0 Å². The lowest BCUT2D eigenvalue weighted by atomic mass is 9.60. The Morgan fingerprint density at radius 3 is 2.75 bits per heavy atom. The van der Waals surface area contributed by atoms with Crippen LogP contribution >= 0.6 is 0 Å². The standard InChI is InChI=1S/C44H50N4/c1-44(24-10-3-11-25-44)43-47-41(30-13-4-2-5-14-30)46-42(48-43)32-21-22-36(37-20-12-16-29-23-26-45-40(29)37)39(28-32)38-27-31-15-6-7-17-33(31)34-18-8-9-19-35(34)38/h2,4,6,8,10,13,15-16,18,21-24,26,28,34-35,37-38,40,43,45H,3,5,7,9,11-12,14,17,19-20,25,27H2,1H3,(H,46,47,48). The number of hydrogen-bond donors (Lipinski definition) is 2. The third kappa shape index (κ3) is 5.36. The van der Waals surface area contributed by atoms with Crippen LogP contribution in [0, 0.1) is 17.3 Å². The maximum Gasteiger partial charge on any atom is 0.155 e. The number of nitrogens with one attached hydrogen (secondary N) is 2. The molecule has 1 aromatic rings. The molecule has 0 saturated carbocycles. The Morgan fingerprint density at radius 2 is 1.85 bits per heavy atom. The van der Waals surface area contributed by atoms with E-state index in [1.165, 1.54) is 55.2 Å². The van der Waals surface area contributed by atoms with Crippen molar-refractivity contribution in [2.24, 2.45) is 27.2 Å². The van der Waals surface area contributed by atoms with Gasteiger partial charge < -0.3 is 10.6 Å². The normalized spacial score (nSPS) is 35.0. The fourth-order valence-electron chi connectivity index (χ4n) is 10.1. The molecular formula is C44H50N4. The minimum atomic E-state index is -0.0360. The van der Waals surface area contributed by atoms with E-state index in [1.54, 1.807) is 22.3 Å². The summed E-state index contributed by atoms with van der Waals surface area (Å²) in [6.45, 7) is 2.38. The zero-order chi connectivity index (χ0) is 32.1. The first-order valence-electron chi connectivity index (χ1n) is 18.9. The summed E-state index contributed by atoms with van der Waals surface area (Å²) >= 11 is 0. The van der Waals surface area contributed by atoms with Crippen LogP contribution < -0.4 is 10.6 Å². The molecule has 4 heteroatoms. The second-order valence-corrected chi connectivity index (χ2v) is 15.6. The first-order valence-corrected chi connectivity index (χ1v) is 18.9. The lowest BCUT2D eigenvalue weighted by Crippen LogP contribution is -2.48. The molecule has 48 heavy (non-hydrogen) atoms. The molecule has 0 aromatic heterocycles. The Morgan fingerprint density at radius 1 is 0.896 bits per heavy atom. The number of nitrogens with zero attached hydrogens (tertiary/aromatic N) is 2. The molecule has 0 saturated heterocycles. The zero-order valence-electron chi connectivity index (χ0n) is 28.5. The van der Waals surface area contributed by atoms with Gasteiger partial charge in [0.2, 0.25) is 0 Å². The van der Waals surface area contributed by atoms with Crippen molar-refractivity contribution in [2.45, 2.75) is 108 Å². The van der Waals surface area contributed by atoms with Crippen molar-refractivity contribution in [3.8, 4) is 0 Å². The molecule has 0 amide bonds. The molecule has 2 heterocycles. The molecule has 1 aromatic carbocycles. The number of aliphatic imine (C=N–C) groups is 2. The van der Waals surface area contributed by atoms with Gasteiger partial charge in [-0.25, -0.2) is 9.98 Å². The molecule has 6 aliphatic carbocycles. The van der Waals surface area contributed by atoms with Gasteiger partial charge >= 0.3 is 0 Å². The van der Waals surface area contributed by atoms with Crippen LogP contribution in [0.4, 0.5) is 0 Å². The number of benzene rings is 1. The maximum atomic E-state index is 5.35. The van der Waals surface area contributed by atoms with Crippen molar-refractivity contribution in [1.82, 2.24) is 10.6 Å². The van der Waals surface area contributed by atoms with Gasteiger partial charge in [-0.1, -0.05) is 85.4 Å². The fraction of sp³-hybridized carbons (Fsp3) is 0.455. The average Bonchev–Trinajstić information content (AvgIpc) is 3.64. The van der Waals surface area contributed by atoms with E-state index in [4.69, 9.17) is 9.98 Å². The van der Waals surface area contributed by atoms with E-state index in [1.807, 2.05) is 0 Å². The summed E-state index contributed by atoms with van der Waals surface area (Å²) in [5.41, 5.74) is 10.4. The number of fused-ring (bicyclic) bond motifs is 3. The van der Waals surface area contributed by atoms with Crippen LogP contribution in [0.25, 0.3) is 0 Å². The van der Waals surface area contributed by atoms with E-state index >= 15 is 0 Å². The van der Waals surface area contributed by atoms with Gasteiger partial charge in [0.15, 0.2) is 5.84 Å². The van der Waals surface area contributed by atoms with Crippen molar-refractivity contribution in [3.63, 3.8) is 0 Å².